The normalized spacial score (nSPS) is 11.4. The first-order valence-electron chi connectivity index (χ1n) is 10.7. The van der Waals surface area contributed by atoms with Crippen LogP contribution in [-0.2, 0) is 5.75 Å². The second-order valence-electron chi connectivity index (χ2n) is 7.73. The van der Waals surface area contributed by atoms with E-state index in [4.69, 9.17) is 12.2 Å². The quantitative estimate of drug-likeness (QED) is 0.170. The average molecular weight is 483 g/mol. The molecule has 2 heterocycles. The number of imidazole rings is 1. The SMILES string of the molecule is Cc1cc(C)nc(NC(=NCCSCc2nc[nH]c2C)NC(=S)Nc2ccc(C)c(C)c2)n1. The Morgan fingerprint density at radius 1 is 1.03 bits per heavy atom. The molecule has 1 aromatic carbocycles. The molecule has 8 nitrogen and oxygen atoms in total. The average Bonchev–Trinajstić information content (AvgIpc) is 3.14. The first kappa shape index (κ1) is 24.7. The minimum atomic E-state index is 0.439. The molecule has 2 aromatic heterocycles. The Morgan fingerprint density at radius 2 is 1.79 bits per heavy atom. The molecule has 4 N–H and O–H groups in total. The van der Waals surface area contributed by atoms with Crippen molar-refractivity contribution in [2.75, 3.05) is 22.9 Å². The Hall–Kier alpha value is -2.98. The smallest absolute Gasteiger partial charge is 0.229 e. The van der Waals surface area contributed by atoms with Gasteiger partial charge in [-0.15, -0.1) is 0 Å². The fourth-order valence-electron chi connectivity index (χ4n) is 3.01. The van der Waals surface area contributed by atoms with Crippen LogP contribution in [0, 0.1) is 34.6 Å². The number of guanidine groups is 1. The van der Waals surface area contributed by atoms with Gasteiger partial charge in [-0.2, -0.15) is 11.8 Å². The molecule has 0 saturated heterocycles. The van der Waals surface area contributed by atoms with E-state index in [0.29, 0.717) is 23.6 Å². The summed E-state index contributed by atoms with van der Waals surface area (Å²) in [6.07, 6.45) is 1.72. The number of rotatable bonds is 7. The van der Waals surface area contributed by atoms with Gasteiger partial charge in [0.2, 0.25) is 11.9 Å². The highest BCUT2D eigenvalue weighted by Crippen LogP contribution is 2.14. The molecule has 0 atom stereocenters. The number of thioether (sulfide) groups is 1. The van der Waals surface area contributed by atoms with Gasteiger partial charge in [-0.05, 0) is 76.2 Å². The van der Waals surface area contributed by atoms with Crippen molar-refractivity contribution < 1.29 is 0 Å². The number of aliphatic imine (C=N–C) groups is 1. The first-order valence-corrected chi connectivity index (χ1v) is 12.2. The van der Waals surface area contributed by atoms with Crippen molar-refractivity contribution in [3.05, 3.63) is 64.5 Å². The standard InChI is InChI=1S/C23H30N8S2/c1-14-6-7-19(10-15(14)2)29-23(32)31-21(30-22-27-16(3)11-17(4)28-22)24-8-9-33-12-20-18(5)25-13-26-20/h6-7,10-11,13H,8-9,12H2,1-5H3,(H,25,26)(H3,24,27,28,29,30,31,32). The van der Waals surface area contributed by atoms with Gasteiger partial charge >= 0.3 is 0 Å². The molecule has 0 saturated carbocycles. The van der Waals surface area contributed by atoms with Crippen LogP contribution in [-0.4, -0.2) is 43.3 Å². The van der Waals surface area contributed by atoms with E-state index in [2.05, 4.69) is 66.9 Å². The fraction of sp³-hybridized carbons (Fsp3) is 0.348. The molecule has 0 amide bonds. The molecule has 0 unspecified atom stereocenters. The van der Waals surface area contributed by atoms with Crippen molar-refractivity contribution in [2.24, 2.45) is 4.99 Å². The van der Waals surface area contributed by atoms with Crippen LogP contribution >= 0.6 is 24.0 Å². The summed E-state index contributed by atoms with van der Waals surface area (Å²) in [5.41, 5.74) is 7.28. The predicted molar refractivity (Wildman–Crippen MR) is 142 cm³/mol. The van der Waals surface area contributed by atoms with E-state index in [1.54, 1.807) is 18.1 Å². The summed E-state index contributed by atoms with van der Waals surface area (Å²) in [6.45, 7) is 10.7. The lowest BCUT2D eigenvalue weighted by molar-refractivity contribution is 1.05. The number of H-pyrrole nitrogens is 1. The maximum absolute atomic E-state index is 5.53. The largest absolute Gasteiger partial charge is 0.348 e. The molecule has 174 valence electrons. The van der Waals surface area contributed by atoms with Crippen molar-refractivity contribution >= 4 is 46.7 Å². The van der Waals surface area contributed by atoms with Gasteiger partial charge in [0.15, 0.2) is 5.11 Å². The number of anilines is 2. The highest BCUT2D eigenvalue weighted by atomic mass is 32.2. The van der Waals surface area contributed by atoms with Gasteiger partial charge in [0, 0.05) is 34.3 Å². The molecule has 10 heteroatoms. The monoisotopic (exact) mass is 482 g/mol. The van der Waals surface area contributed by atoms with E-state index >= 15 is 0 Å². The maximum Gasteiger partial charge on any atom is 0.229 e. The zero-order valence-corrected chi connectivity index (χ0v) is 21.2. The molecule has 0 bridgehead atoms. The molecule has 0 aliphatic heterocycles. The predicted octanol–water partition coefficient (Wildman–Crippen LogP) is 4.43. The van der Waals surface area contributed by atoms with Gasteiger partial charge in [-0.3, -0.25) is 10.3 Å². The maximum atomic E-state index is 5.53. The number of nitrogens with zero attached hydrogens (tertiary/aromatic N) is 4. The van der Waals surface area contributed by atoms with Crippen LogP contribution in [0.1, 0.15) is 33.9 Å². The molecule has 0 aliphatic rings. The molecular formula is C23H30N8S2. The number of aromatic nitrogens is 4. The zero-order valence-electron chi connectivity index (χ0n) is 19.6. The van der Waals surface area contributed by atoms with Crippen molar-refractivity contribution in [2.45, 2.75) is 40.4 Å². The van der Waals surface area contributed by atoms with E-state index in [1.165, 1.54) is 11.1 Å². The van der Waals surface area contributed by atoms with Crippen molar-refractivity contribution in [1.29, 1.82) is 0 Å². The molecule has 0 spiro atoms. The summed E-state index contributed by atoms with van der Waals surface area (Å²) in [5.74, 6) is 2.66. The minimum Gasteiger partial charge on any atom is -0.348 e. The Kier molecular flexibility index (Phi) is 8.79. The molecule has 33 heavy (non-hydrogen) atoms. The molecule has 0 fully saturated rings. The van der Waals surface area contributed by atoms with Crippen LogP contribution in [0.3, 0.4) is 0 Å². The number of hydrogen-bond donors (Lipinski definition) is 4. The zero-order chi connectivity index (χ0) is 23.8. The highest BCUT2D eigenvalue weighted by Gasteiger charge is 2.08. The molecule has 3 aromatic rings. The van der Waals surface area contributed by atoms with E-state index in [9.17, 15) is 0 Å². The second kappa shape index (κ2) is 11.8. The lowest BCUT2D eigenvalue weighted by Gasteiger charge is -2.15. The third kappa shape index (κ3) is 7.83. The Balaban J connectivity index is 1.64. The number of nitrogens with one attached hydrogen (secondary N) is 4. The van der Waals surface area contributed by atoms with E-state index in [-0.39, 0.29) is 0 Å². The number of thiocarbonyl (C=S) groups is 1. The summed E-state index contributed by atoms with van der Waals surface area (Å²) >= 11 is 7.30. The fourth-order valence-corrected chi connectivity index (χ4v) is 4.07. The summed E-state index contributed by atoms with van der Waals surface area (Å²) in [5, 5.41) is 9.98. The van der Waals surface area contributed by atoms with Crippen LogP contribution in [0.2, 0.25) is 0 Å². The second-order valence-corrected chi connectivity index (χ2v) is 9.25. The van der Waals surface area contributed by atoms with Crippen molar-refractivity contribution in [3.8, 4) is 0 Å². The third-order valence-electron chi connectivity index (χ3n) is 4.89. The van der Waals surface area contributed by atoms with Crippen LogP contribution in [0.4, 0.5) is 11.6 Å². The first-order chi connectivity index (χ1) is 15.8. The highest BCUT2D eigenvalue weighted by molar-refractivity contribution is 7.98. The number of aromatic amines is 1. The Labute approximate surface area is 204 Å². The van der Waals surface area contributed by atoms with E-state index in [0.717, 1.165) is 40.0 Å². The van der Waals surface area contributed by atoms with Gasteiger partial charge in [0.25, 0.3) is 0 Å². The van der Waals surface area contributed by atoms with Crippen molar-refractivity contribution in [3.63, 3.8) is 0 Å². The van der Waals surface area contributed by atoms with E-state index < -0.39 is 0 Å². The molecular weight excluding hydrogens is 452 g/mol. The van der Waals surface area contributed by atoms with Crippen LogP contribution < -0.4 is 16.0 Å². The topological polar surface area (TPSA) is 103 Å². The Morgan fingerprint density at radius 3 is 2.45 bits per heavy atom. The summed E-state index contributed by atoms with van der Waals surface area (Å²) < 4.78 is 0. The lowest BCUT2D eigenvalue weighted by atomic mass is 10.1. The van der Waals surface area contributed by atoms with Gasteiger partial charge in [-0.25, -0.2) is 15.0 Å². The van der Waals surface area contributed by atoms with Crippen LogP contribution in [0.25, 0.3) is 0 Å². The number of benzene rings is 1. The van der Waals surface area contributed by atoms with Gasteiger partial charge < -0.3 is 15.6 Å². The summed E-state index contributed by atoms with van der Waals surface area (Å²) in [7, 11) is 0. The number of aryl methyl sites for hydroxylation is 5. The van der Waals surface area contributed by atoms with Gasteiger partial charge in [-0.1, -0.05) is 6.07 Å². The summed E-state index contributed by atoms with van der Waals surface area (Å²) in [4.78, 5) is 21.0. The molecule has 0 aliphatic carbocycles. The lowest BCUT2D eigenvalue weighted by Crippen LogP contribution is -2.39. The third-order valence-corrected chi connectivity index (χ3v) is 6.04. The van der Waals surface area contributed by atoms with Gasteiger partial charge in [0.1, 0.15) is 0 Å². The molecule has 3 rings (SSSR count). The van der Waals surface area contributed by atoms with E-state index in [1.807, 2.05) is 32.9 Å². The van der Waals surface area contributed by atoms with Gasteiger partial charge in [0.05, 0.1) is 18.6 Å². The van der Waals surface area contributed by atoms with Crippen LogP contribution in [0.15, 0.2) is 35.6 Å². The minimum absolute atomic E-state index is 0.439. The van der Waals surface area contributed by atoms with Crippen molar-refractivity contribution in [1.82, 2.24) is 25.3 Å². The summed E-state index contributed by atoms with van der Waals surface area (Å²) in [6, 6.07) is 8.06. The Bertz CT molecular complexity index is 1120. The van der Waals surface area contributed by atoms with Crippen LogP contribution in [0.5, 0.6) is 0 Å². The molecule has 0 radical (unpaired) electrons. The number of hydrogen-bond acceptors (Lipinski definition) is 6.